The summed E-state index contributed by atoms with van der Waals surface area (Å²) in [5.41, 5.74) is -3.57. The van der Waals surface area contributed by atoms with Gasteiger partial charge in [-0.3, -0.25) is 14.4 Å². The molecule has 2 aliphatic heterocycles. The standard InChI is InChI=1S/C32H42O10/c1-15(2)26(37)41-27-29(5)20-10-21(35)30(6)25(31(20,14-39-27)22(36)11-23(29)40-16(3)33)19(34)12-28(4)18(17-7-8-38-13-17)9-24-32(28,30)42-24/h7-8,13,15,18,20-25,27,35-36H,9-12,14H2,1-6H3/t18?,20?,21?,22?,23?,24-,25?,27?,28?,29-,30-,31-,32-/m1/s1. The molecular weight excluding hydrogens is 544 g/mol. The van der Waals surface area contributed by atoms with E-state index in [4.69, 9.17) is 23.4 Å². The van der Waals surface area contributed by atoms with E-state index in [2.05, 4.69) is 6.92 Å². The zero-order valence-corrected chi connectivity index (χ0v) is 25.1. The van der Waals surface area contributed by atoms with Crippen LogP contribution in [-0.2, 0) is 33.3 Å². The average molecular weight is 587 g/mol. The van der Waals surface area contributed by atoms with E-state index in [0.29, 0.717) is 6.42 Å². The largest absolute Gasteiger partial charge is 0.472 e. The molecule has 4 aliphatic carbocycles. The first-order valence-corrected chi connectivity index (χ1v) is 15.3. The molecule has 13 atom stereocenters. The second-order valence-electron chi connectivity index (χ2n) is 14.8. The minimum atomic E-state index is -1.12. The smallest absolute Gasteiger partial charge is 0.310 e. The maximum absolute atomic E-state index is 14.7. The minimum Gasteiger partial charge on any atom is -0.472 e. The van der Waals surface area contributed by atoms with E-state index in [1.165, 1.54) is 6.92 Å². The van der Waals surface area contributed by atoms with Gasteiger partial charge < -0.3 is 33.6 Å². The number of ketones is 1. The van der Waals surface area contributed by atoms with E-state index in [9.17, 15) is 24.6 Å². The lowest BCUT2D eigenvalue weighted by atomic mass is 9.33. The van der Waals surface area contributed by atoms with Crippen molar-refractivity contribution < 1.29 is 48.0 Å². The van der Waals surface area contributed by atoms with Gasteiger partial charge in [-0.15, -0.1) is 0 Å². The molecule has 0 radical (unpaired) electrons. The molecule has 1 aromatic rings. The molecule has 8 unspecified atom stereocenters. The van der Waals surface area contributed by atoms with Crippen LogP contribution in [0.1, 0.15) is 78.7 Å². The molecule has 0 aromatic carbocycles. The predicted octanol–water partition coefficient (Wildman–Crippen LogP) is 3.13. The Morgan fingerprint density at radius 1 is 1.07 bits per heavy atom. The Labute approximate surface area is 245 Å². The maximum atomic E-state index is 14.7. The Kier molecular flexibility index (Phi) is 5.88. The Hall–Kier alpha value is -2.27. The van der Waals surface area contributed by atoms with Gasteiger partial charge in [0.15, 0.2) is 0 Å². The third kappa shape index (κ3) is 3.07. The predicted molar refractivity (Wildman–Crippen MR) is 144 cm³/mol. The number of aliphatic hydroxyl groups is 2. The van der Waals surface area contributed by atoms with Crippen LogP contribution in [0.3, 0.4) is 0 Å². The van der Waals surface area contributed by atoms with Gasteiger partial charge in [-0.05, 0) is 43.2 Å². The first-order chi connectivity index (χ1) is 19.7. The lowest BCUT2D eigenvalue weighted by molar-refractivity contribution is -0.372. The average Bonchev–Trinajstić information content (AvgIpc) is 3.27. The maximum Gasteiger partial charge on any atom is 0.310 e. The van der Waals surface area contributed by atoms with Crippen LogP contribution in [0.4, 0.5) is 0 Å². The highest BCUT2D eigenvalue weighted by atomic mass is 16.7. The lowest BCUT2D eigenvalue weighted by Crippen LogP contribution is -2.80. The summed E-state index contributed by atoms with van der Waals surface area (Å²) < 4.78 is 30.1. The number of carbonyl (C=O) groups is 3. The SMILES string of the molecule is CC(=O)OC1CC(O)[C@@]23COC(OC(=O)C(C)C)[C@]1(C)C2CC(O)[C@]1(C)C3C(=O)CC2(C)C(c3ccoc3)C[C@H]3O[C@]321. The summed E-state index contributed by atoms with van der Waals surface area (Å²) in [6.45, 7) is 10.6. The molecule has 2 bridgehead atoms. The third-order valence-electron chi connectivity index (χ3n) is 12.8. The van der Waals surface area contributed by atoms with Crippen molar-refractivity contribution in [3.05, 3.63) is 24.2 Å². The Morgan fingerprint density at radius 3 is 2.45 bits per heavy atom. The Balaban J connectivity index is 1.36. The molecule has 1 aromatic heterocycles. The Bertz CT molecular complexity index is 1320. The molecule has 7 rings (SSSR count). The van der Waals surface area contributed by atoms with Crippen LogP contribution in [0.5, 0.6) is 0 Å². The van der Waals surface area contributed by atoms with Crippen LogP contribution >= 0.6 is 0 Å². The van der Waals surface area contributed by atoms with E-state index in [-0.39, 0.29) is 43.7 Å². The highest BCUT2D eigenvalue weighted by Gasteiger charge is 2.90. The van der Waals surface area contributed by atoms with Crippen LogP contribution in [-0.4, -0.2) is 70.8 Å². The zero-order chi connectivity index (χ0) is 30.2. The number of aliphatic hydroxyl groups excluding tert-OH is 2. The number of hydrogen-bond acceptors (Lipinski definition) is 10. The fourth-order valence-electron chi connectivity index (χ4n) is 11.1. The monoisotopic (exact) mass is 586 g/mol. The summed E-state index contributed by atoms with van der Waals surface area (Å²) in [6.07, 6.45) is 0.474. The number of epoxide rings is 1. The van der Waals surface area contributed by atoms with Crippen LogP contribution in [0, 0.1) is 39.4 Å². The number of esters is 2. The fourth-order valence-corrected chi connectivity index (χ4v) is 11.1. The summed E-state index contributed by atoms with van der Waals surface area (Å²) in [5.74, 6) is -2.75. The highest BCUT2D eigenvalue weighted by Crippen LogP contribution is 2.82. The van der Waals surface area contributed by atoms with E-state index in [1.807, 2.05) is 19.9 Å². The molecule has 0 amide bonds. The van der Waals surface area contributed by atoms with Crippen molar-refractivity contribution in [3.63, 3.8) is 0 Å². The number of carbonyl (C=O) groups excluding carboxylic acids is 3. The summed E-state index contributed by atoms with van der Waals surface area (Å²) in [4.78, 5) is 39.8. The number of ether oxygens (including phenoxy) is 4. The number of Topliss-reactive ketones (excluding diaryl/α,β-unsaturated/α-hetero) is 1. The van der Waals surface area contributed by atoms with E-state index >= 15 is 0 Å². The van der Waals surface area contributed by atoms with Gasteiger partial charge in [0.25, 0.3) is 0 Å². The molecule has 6 aliphatic rings. The summed E-state index contributed by atoms with van der Waals surface area (Å²) >= 11 is 0. The minimum absolute atomic E-state index is 0.0245. The molecular formula is C32H42O10. The van der Waals surface area contributed by atoms with Crippen molar-refractivity contribution in [1.82, 2.24) is 0 Å². The first-order valence-electron chi connectivity index (χ1n) is 15.3. The van der Waals surface area contributed by atoms with Crippen LogP contribution < -0.4 is 0 Å². The van der Waals surface area contributed by atoms with Crippen LogP contribution in [0.2, 0.25) is 0 Å². The molecule has 2 N–H and O–H groups in total. The topological polar surface area (TPSA) is 145 Å². The van der Waals surface area contributed by atoms with Crippen molar-refractivity contribution in [3.8, 4) is 0 Å². The zero-order valence-electron chi connectivity index (χ0n) is 25.1. The number of fused-ring (bicyclic) bond motifs is 1. The highest BCUT2D eigenvalue weighted by molar-refractivity contribution is 5.87. The van der Waals surface area contributed by atoms with Gasteiger partial charge in [0, 0.05) is 41.9 Å². The number of rotatable bonds is 4. The first kappa shape index (κ1) is 28.5. The van der Waals surface area contributed by atoms with Gasteiger partial charge in [-0.25, -0.2) is 0 Å². The number of furan rings is 1. The fraction of sp³-hybridized carbons (Fsp3) is 0.781. The molecule has 10 nitrogen and oxygen atoms in total. The molecule has 42 heavy (non-hydrogen) atoms. The molecule has 3 heterocycles. The van der Waals surface area contributed by atoms with Crippen molar-refractivity contribution in [2.75, 3.05) is 6.61 Å². The van der Waals surface area contributed by atoms with Crippen LogP contribution in [0.15, 0.2) is 23.0 Å². The molecule has 10 heteroatoms. The van der Waals surface area contributed by atoms with E-state index < -0.39 is 81.6 Å². The van der Waals surface area contributed by atoms with Gasteiger partial charge in [0.1, 0.15) is 17.5 Å². The molecule has 6 fully saturated rings. The van der Waals surface area contributed by atoms with Gasteiger partial charge in [-0.1, -0.05) is 27.7 Å². The molecule has 2 saturated heterocycles. The second kappa shape index (κ2) is 8.67. The van der Waals surface area contributed by atoms with Crippen LogP contribution in [0.25, 0.3) is 0 Å². The van der Waals surface area contributed by atoms with Gasteiger partial charge in [0.05, 0.1) is 48.8 Å². The van der Waals surface area contributed by atoms with Crippen molar-refractivity contribution in [2.45, 2.75) is 109 Å². The third-order valence-corrected chi connectivity index (χ3v) is 12.8. The molecule has 1 spiro atoms. The van der Waals surface area contributed by atoms with E-state index in [0.717, 1.165) is 5.56 Å². The summed E-state index contributed by atoms with van der Waals surface area (Å²) in [7, 11) is 0. The number of hydrogen-bond donors (Lipinski definition) is 2. The van der Waals surface area contributed by atoms with Gasteiger partial charge in [-0.2, -0.15) is 0 Å². The quantitative estimate of drug-likeness (QED) is 0.399. The van der Waals surface area contributed by atoms with Crippen molar-refractivity contribution in [2.24, 2.45) is 39.4 Å². The summed E-state index contributed by atoms with van der Waals surface area (Å²) in [5, 5.41) is 24.3. The van der Waals surface area contributed by atoms with Gasteiger partial charge >= 0.3 is 11.9 Å². The van der Waals surface area contributed by atoms with Gasteiger partial charge in [0.2, 0.25) is 6.29 Å². The molecule has 230 valence electrons. The van der Waals surface area contributed by atoms with Crippen molar-refractivity contribution in [1.29, 1.82) is 0 Å². The second-order valence-corrected chi connectivity index (χ2v) is 14.8. The Morgan fingerprint density at radius 2 is 1.81 bits per heavy atom. The molecule has 4 saturated carbocycles. The van der Waals surface area contributed by atoms with Crippen molar-refractivity contribution >= 4 is 17.7 Å². The lowest BCUT2D eigenvalue weighted by Gasteiger charge is -2.72. The summed E-state index contributed by atoms with van der Waals surface area (Å²) in [6, 6.07) is 1.94. The van der Waals surface area contributed by atoms with E-state index in [1.54, 1.807) is 26.4 Å². The normalized spacial score (nSPS) is 52.1.